The van der Waals surface area contributed by atoms with Gasteiger partial charge in [0.2, 0.25) is 11.8 Å². The number of fused-ring (bicyclic) bond motifs is 1. The summed E-state index contributed by atoms with van der Waals surface area (Å²) in [5.74, 6) is -0.284. The molecule has 0 spiro atoms. The zero-order valence-corrected chi connectivity index (χ0v) is 12.1. The van der Waals surface area contributed by atoms with Gasteiger partial charge < -0.3 is 5.32 Å². The van der Waals surface area contributed by atoms with Crippen LogP contribution in [0.1, 0.15) is 17.7 Å². The van der Waals surface area contributed by atoms with Gasteiger partial charge in [-0.1, -0.05) is 12.1 Å². The maximum Gasteiger partial charge on any atom is 0.246 e. The van der Waals surface area contributed by atoms with Gasteiger partial charge in [0, 0.05) is 24.7 Å². The molecule has 1 atom stereocenters. The van der Waals surface area contributed by atoms with E-state index in [1.807, 2.05) is 31.2 Å². The van der Waals surface area contributed by atoms with E-state index in [1.54, 1.807) is 0 Å². The lowest BCUT2D eigenvalue weighted by Gasteiger charge is -2.11. The lowest BCUT2D eigenvalue weighted by atomic mass is 10.1. The van der Waals surface area contributed by atoms with Crippen LogP contribution in [-0.2, 0) is 16.1 Å². The molecule has 3 rings (SSSR count). The van der Waals surface area contributed by atoms with Gasteiger partial charge in [-0.15, -0.1) is 0 Å². The second-order valence-electron chi connectivity index (χ2n) is 5.41. The van der Waals surface area contributed by atoms with Crippen LogP contribution in [0.3, 0.4) is 0 Å². The monoisotopic (exact) mass is 283 g/mol. The second kappa shape index (κ2) is 5.26. The highest BCUT2D eigenvalue weighted by molar-refractivity contribution is 6.05. The first-order valence-corrected chi connectivity index (χ1v) is 6.94. The largest absolute Gasteiger partial charge is 0.301 e. The van der Waals surface area contributed by atoms with Crippen LogP contribution in [0.15, 0.2) is 30.3 Å². The van der Waals surface area contributed by atoms with Crippen molar-refractivity contribution in [2.45, 2.75) is 25.9 Å². The average molecular weight is 283 g/mol. The Morgan fingerprint density at radius 3 is 2.81 bits per heavy atom. The molecule has 2 amide bonds. The van der Waals surface area contributed by atoms with E-state index >= 15 is 0 Å². The summed E-state index contributed by atoms with van der Waals surface area (Å²) in [5.41, 5.74) is 3.03. The van der Waals surface area contributed by atoms with E-state index in [2.05, 4.69) is 16.4 Å². The minimum absolute atomic E-state index is 0.129. The summed E-state index contributed by atoms with van der Waals surface area (Å²) in [7, 11) is 1.52. The van der Waals surface area contributed by atoms with E-state index < -0.39 is 6.04 Å². The van der Waals surface area contributed by atoms with Gasteiger partial charge in [0.25, 0.3) is 0 Å². The number of benzene rings is 1. The molecule has 0 aliphatic carbocycles. The topological polar surface area (TPSA) is 62.3 Å². The molecule has 2 aromatic rings. The number of aryl methyl sites for hydroxylation is 1. The first kappa shape index (κ1) is 13.7. The Balaban J connectivity index is 1.72. The molecule has 1 N–H and O–H groups in total. The molecule has 108 valence electrons. The Hall–Kier alpha value is -2.27. The molecule has 1 unspecified atom stereocenters. The molecule has 2 heterocycles. The highest BCUT2D eigenvalue weighted by atomic mass is 16.2. The maximum atomic E-state index is 11.8. The van der Waals surface area contributed by atoms with Crippen molar-refractivity contribution in [1.29, 1.82) is 0 Å². The van der Waals surface area contributed by atoms with Gasteiger partial charge in [0.15, 0.2) is 0 Å². The fraction of sp³-hybridized carbons (Fsp3) is 0.312. The number of carbonyl (C=O) groups excluding carboxylic acids is 2. The number of aromatic nitrogens is 1. The number of amides is 2. The first-order valence-electron chi connectivity index (χ1n) is 6.94. The SMILES string of the molecule is Cc1ccc2cc(CNC3CC(=O)N(C)C3=O)ccc2n1. The normalized spacial score (nSPS) is 18.8. The van der Waals surface area contributed by atoms with Gasteiger partial charge in [-0.05, 0) is 30.7 Å². The molecule has 21 heavy (non-hydrogen) atoms. The molecular weight excluding hydrogens is 266 g/mol. The number of likely N-dealkylation sites (tertiary alicyclic amines) is 1. The predicted octanol–water partition coefficient (Wildman–Crippen LogP) is 1.39. The molecule has 1 aromatic carbocycles. The number of hydrogen-bond acceptors (Lipinski definition) is 4. The lowest BCUT2D eigenvalue weighted by Crippen LogP contribution is -2.36. The minimum Gasteiger partial charge on any atom is -0.301 e. The van der Waals surface area contributed by atoms with Crippen LogP contribution in [-0.4, -0.2) is 34.8 Å². The minimum atomic E-state index is -0.408. The molecule has 1 aromatic heterocycles. The Labute approximate surface area is 123 Å². The molecule has 1 aliphatic heterocycles. The summed E-state index contributed by atoms with van der Waals surface area (Å²) >= 11 is 0. The van der Waals surface area contributed by atoms with Gasteiger partial charge in [-0.25, -0.2) is 0 Å². The van der Waals surface area contributed by atoms with Gasteiger partial charge in [0.05, 0.1) is 18.0 Å². The highest BCUT2D eigenvalue weighted by Crippen LogP contribution is 2.16. The number of hydrogen-bond donors (Lipinski definition) is 1. The third kappa shape index (κ3) is 2.64. The van der Waals surface area contributed by atoms with Crippen LogP contribution in [0.2, 0.25) is 0 Å². The number of nitrogens with one attached hydrogen (secondary N) is 1. The lowest BCUT2D eigenvalue weighted by molar-refractivity contribution is -0.137. The zero-order chi connectivity index (χ0) is 15.0. The third-order valence-electron chi connectivity index (χ3n) is 3.83. The fourth-order valence-electron chi connectivity index (χ4n) is 2.54. The third-order valence-corrected chi connectivity index (χ3v) is 3.83. The highest BCUT2D eigenvalue weighted by Gasteiger charge is 2.35. The molecular formula is C16H17N3O2. The van der Waals surface area contributed by atoms with Crippen LogP contribution < -0.4 is 5.32 Å². The standard InChI is InChI=1S/C16H17N3O2/c1-10-3-5-12-7-11(4-6-13(12)18-10)9-17-14-8-15(20)19(2)16(14)21/h3-7,14,17H,8-9H2,1-2H3. The Morgan fingerprint density at radius 1 is 1.29 bits per heavy atom. The number of rotatable bonds is 3. The number of nitrogens with zero attached hydrogens (tertiary/aromatic N) is 2. The first-order chi connectivity index (χ1) is 10.0. The number of likely N-dealkylation sites (N-methyl/N-ethyl adjacent to an activating group) is 1. The molecule has 5 heteroatoms. The van der Waals surface area contributed by atoms with Crippen molar-refractivity contribution in [3.63, 3.8) is 0 Å². The fourth-order valence-corrected chi connectivity index (χ4v) is 2.54. The van der Waals surface area contributed by atoms with Crippen LogP contribution in [0, 0.1) is 6.92 Å². The molecule has 0 saturated carbocycles. The van der Waals surface area contributed by atoms with E-state index in [9.17, 15) is 9.59 Å². The van der Waals surface area contributed by atoms with Crippen molar-refractivity contribution in [2.24, 2.45) is 0 Å². The van der Waals surface area contributed by atoms with E-state index in [0.717, 1.165) is 22.2 Å². The van der Waals surface area contributed by atoms with Crippen LogP contribution in [0.5, 0.6) is 0 Å². The molecule has 0 radical (unpaired) electrons. The van der Waals surface area contributed by atoms with Crippen LogP contribution in [0.4, 0.5) is 0 Å². The van der Waals surface area contributed by atoms with Gasteiger partial charge in [0.1, 0.15) is 0 Å². The summed E-state index contributed by atoms with van der Waals surface area (Å²) in [6, 6.07) is 9.64. The number of carbonyl (C=O) groups is 2. The van der Waals surface area contributed by atoms with E-state index in [-0.39, 0.29) is 18.2 Å². The van der Waals surface area contributed by atoms with Crippen molar-refractivity contribution in [1.82, 2.24) is 15.2 Å². The molecule has 0 bridgehead atoms. The van der Waals surface area contributed by atoms with Crippen molar-refractivity contribution < 1.29 is 9.59 Å². The summed E-state index contributed by atoms with van der Waals surface area (Å²) in [6.07, 6.45) is 0.240. The Bertz CT molecular complexity index is 727. The Kier molecular flexibility index (Phi) is 3.43. The maximum absolute atomic E-state index is 11.8. The summed E-state index contributed by atoms with van der Waals surface area (Å²) in [5, 5.41) is 4.23. The Morgan fingerprint density at radius 2 is 2.10 bits per heavy atom. The van der Waals surface area contributed by atoms with Crippen molar-refractivity contribution >= 4 is 22.7 Å². The van der Waals surface area contributed by atoms with Gasteiger partial charge >= 0.3 is 0 Å². The van der Waals surface area contributed by atoms with Gasteiger partial charge in [-0.2, -0.15) is 0 Å². The smallest absolute Gasteiger partial charge is 0.246 e. The molecule has 1 fully saturated rings. The van der Waals surface area contributed by atoms with Gasteiger partial charge in [-0.3, -0.25) is 19.5 Å². The summed E-state index contributed by atoms with van der Waals surface area (Å²) in [6.45, 7) is 2.52. The second-order valence-corrected chi connectivity index (χ2v) is 5.41. The van der Waals surface area contributed by atoms with Crippen LogP contribution in [0.25, 0.3) is 10.9 Å². The number of pyridine rings is 1. The number of imide groups is 1. The summed E-state index contributed by atoms with van der Waals surface area (Å²) < 4.78 is 0. The molecule has 1 saturated heterocycles. The van der Waals surface area contributed by atoms with E-state index in [0.29, 0.717) is 6.54 Å². The van der Waals surface area contributed by atoms with Crippen molar-refractivity contribution in [2.75, 3.05) is 7.05 Å². The van der Waals surface area contributed by atoms with E-state index in [4.69, 9.17) is 0 Å². The molecule has 5 nitrogen and oxygen atoms in total. The summed E-state index contributed by atoms with van der Waals surface area (Å²) in [4.78, 5) is 28.9. The van der Waals surface area contributed by atoms with Crippen LogP contribution >= 0.6 is 0 Å². The van der Waals surface area contributed by atoms with E-state index in [1.165, 1.54) is 11.9 Å². The average Bonchev–Trinajstić information content (AvgIpc) is 2.72. The molecule has 1 aliphatic rings. The van der Waals surface area contributed by atoms with Crippen molar-refractivity contribution in [3.8, 4) is 0 Å². The zero-order valence-electron chi connectivity index (χ0n) is 12.1. The predicted molar refractivity (Wildman–Crippen MR) is 79.5 cm³/mol. The van der Waals surface area contributed by atoms with Crippen molar-refractivity contribution in [3.05, 3.63) is 41.6 Å². The quantitative estimate of drug-likeness (QED) is 0.865.